The number of nitrogens with one attached hydrogen (secondary N) is 1. The second-order valence-electron chi connectivity index (χ2n) is 4.26. The van der Waals surface area contributed by atoms with Gasteiger partial charge in [0.15, 0.2) is 0 Å². The number of hydrogen-bond acceptors (Lipinski definition) is 3. The molecular weight excluding hydrogens is 243 g/mol. The maximum absolute atomic E-state index is 13.8. The number of hydrogen-bond donors (Lipinski definition) is 2. The standard InChI is InChI=1S/C15H17FN2O/c1-19-15-9-5-2-6-11(15)10-14(18-17)12-7-3-4-8-13(12)16/h2-9,14,18H,10,17H2,1H3. The van der Waals surface area contributed by atoms with Crippen molar-refractivity contribution in [3.8, 4) is 5.75 Å². The first-order chi connectivity index (χ1) is 9.26. The third-order valence-electron chi connectivity index (χ3n) is 3.10. The van der Waals surface area contributed by atoms with Crippen LogP contribution in [0.4, 0.5) is 4.39 Å². The molecule has 100 valence electrons. The predicted molar refractivity (Wildman–Crippen MR) is 73.2 cm³/mol. The summed E-state index contributed by atoms with van der Waals surface area (Å²) >= 11 is 0. The van der Waals surface area contributed by atoms with Crippen molar-refractivity contribution < 1.29 is 9.13 Å². The van der Waals surface area contributed by atoms with Gasteiger partial charge in [-0.15, -0.1) is 0 Å². The second kappa shape index (κ2) is 6.31. The van der Waals surface area contributed by atoms with Crippen LogP contribution in [0.25, 0.3) is 0 Å². The van der Waals surface area contributed by atoms with Crippen LogP contribution < -0.4 is 16.0 Å². The Hall–Kier alpha value is -1.91. The van der Waals surface area contributed by atoms with Crippen molar-refractivity contribution in [2.45, 2.75) is 12.5 Å². The Balaban J connectivity index is 2.27. The predicted octanol–water partition coefficient (Wildman–Crippen LogP) is 2.58. The van der Waals surface area contributed by atoms with Crippen molar-refractivity contribution in [1.82, 2.24) is 5.43 Å². The number of ether oxygens (including phenoxy) is 1. The van der Waals surface area contributed by atoms with Gasteiger partial charge in [0.2, 0.25) is 0 Å². The molecule has 0 heterocycles. The zero-order valence-electron chi connectivity index (χ0n) is 10.8. The molecule has 19 heavy (non-hydrogen) atoms. The van der Waals surface area contributed by atoms with Gasteiger partial charge >= 0.3 is 0 Å². The van der Waals surface area contributed by atoms with E-state index in [9.17, 15) is 4.39 Å². The fourth-order valence-corrected chi connectivity index (χ4v) is 2.11. The average Bonchev–Trinajstić information content (AvgIpc) is 2.46. The van der Waals surface area contributed by atoms with Crippen molar-refractivity contribution in [2.24, 2.45) is 5.84 Å². The van der Waals surface area contributed by atoms with Gasteiger partial charge in [-0.25, -0.2) is 4.39 Å². The molecule has 0 bridgehead atoms. The molecule has 0 aromatic heterocycles. The fraction of sp³-hybridized carbons (Fsp3) is 0.200. The SMILES string of the molecule is COc1ccccc1CC(NN)c1ccccc1F. The van der Waals surface area contributed by atoms with Crippen LogP contribution in [0.1, 0.15) is 17.2 Å². The minimum absolute atomic E-state index is 0.264. The highest BCUT2D eigenvalue weighted by Crippen LogP contribution is 2.25. The van der Waals surface area contributed by atoms with E-state index in [0.717, 1.165) is 11.3 Å². The van der Waals surface area contributed by atoms with Crippen molar-refractivity contribution in [3.63, 3.8) is 0 Å². The minimum Gasteiger partial charge on any atom is -0.496 e. The van der Waals surface area contributed by atoms with Crippen molar-refractivity contribution >= 4 is 0 Å². The summed E-state index contributed by atoms with van der Waals surface area (Å²) in [6.45, 7) is 0. The number of hydrazine groups is 1. The highest BCUT2D eigenvalue weighted by atomic mass is 19.1. The number of nitrogens with two attached hydrogens (primary N) is 1. The van der Waals surface area contributed by atoms with E-state index in [1.165, 1.54) is 6.07 Å². The normalized spacial score (nSPS) is 12.2. The molecule has 4 heteroatoms. The van der Waals surface area contributed by atoms with Gasteiger partial charge in [0.05, 0.1) is 13.2 Å². The first kappa shape index (κ1) is 13.5. The molecule has 2 aromatic rings. The van der Waals surface area contributed by atoms with Gasteiger partial charge in [-0.3, -0.25) is 11.3 Å². The quantitative estimate of drug-likeness (QED) is 0.641. The summed E-state index contributed by atoms with van der Waals surface area (Å²) < 4.78 is 19.1. The number of methoxy groups -OCH3 is 1. The second-order valence-corrected chi connectivity index (χ2v) is 4.26. The Morgan fingerprint density at radius 2 is 1.84 bits per heavy atom. The highest BCUT2D eigenvalue weighted by Gasteiger charge is 2.16. The van der Waals surface area contributed by atoms with E-state index in [-0.39, 0.29) is 11.9 Å². The van der Waals surface area contributed by atoms with Gasteiger partial charge < -0.3 is 4.74 Å². The summed E-state index contributed by atoms with van der Waals surface area (Å²) in [7, 11) is 1.62. The molecule has 0 amide bonds. The summed E-state index contributed by atoms with van der Waals surface area (Å²) in [4.78, 5) is 0. The molecule has 0 spiro atoms. The van der Waals surface area contributed by atoms with Crippen molar-refractivity contribution in [3.05, 3.63) is 65.5 Å². The zero-order chi connectivity index (χ0) is 13.7. The van der Waals surface area contributed by atoms with Crippen LogP contribution in [-0.4, -0.2) is 7.11 Å². The van der Waals surface area contributed by atoms with E-state index in [0.29, 0.717) is 12.0 Å². The smallest absolute Gasteiger partial charge is 0.128 e. The van der Waals surface area contributed by atoms with Gasteiger partial charge in [-0.1, -0.05) is 36.4 Å². The largest absolute Gasteiger partial charge is 0.496 e. The minimum atomic E-state index is -0.294. The van der Waals surface area contributed by atoms with E-state index in [4.69, 9.17) is 10.6 Å². The van der Waals surface area contributed by atoms with Crippen LogP contribution in [0.5, 0.6) is 5.75 Å². The molecule has 3 N–H and O–H groups in total. The Morgan fingerprint density at radius 1 is 1.16 bits per heavy atom. The lowest BCUT2D eigenvalue weighted by molar-refractivity contribution is 0.404. The molecule has 3 nitrogen and oxygen atoms in total. The van der Waals surface area contributed by atoms with Gasteiger partial charge in [-0.2, -0.15) is 0 Å². The molecule has 0 aliphatic carbocycles. The molecule has 0 saturated heterocycles. The van der Waals surface area contributed by atoms with Crippen LogP contribution in [0, 0.1) is 5.82 Å². The van der Waals surface area contributed by atoms with Gasteiger partial charge in [0.1, 0.15) is 11.6 Å². The molecule has 1 unspecified atom stereocenters. The van der Waals surface area contributed by atoms with Crippen LogP contribution in [0.2, 0.25) is 0 Å². The van der Waals surface area contributed by atoms with Crippen molar-refractivity contribution in [1.29, 1.82) is 0 Å². The van der Waals surface area contributed by atoms with E-state index in [1.807, 2.05) is 24.3 Å². The lowest BCUT2D eigenvalue weighted by Gasteiger charge is -2.18. The summed E-state index contributed by atoms with van der Waals surface area (Å²) in [6.07, 6.45) is 0.557. The first-order valence-electron chi connectivity index (χ1n) is 6.08. The summed E-state index contributed by atoms with van der Waals surface area (Å²) in [5, 5.41) is 0. The maximum atomic E-state index is 13.8. The topological polar surface area (TPSA) is 47.3 Å². The number of benzene rings is 2. The van der Waals surface area contributed by atoms with E-state index >= 15 is 0 Å². The van der Waals surface area contributed by atoms with E-state index < -0.39 is 0 Å². The van der Waals surface area contributed by atoms with Crippen LogP contribution in [-0.2, 0) is 6.42 Å². The summed E-state index contributed by atoms with van der Waals surface area (Å²) in [5.41, 5.74) is 4.20. The summed E-state index contributed by atoms with van der Waals surface area (Å²) in [6, 6.07) is 14.0. The average molecular weight is 260 g/mol. The van der Waals surface area contributed by atoms with Crippen LogP contribution in [0.3, 0.4) is 0 Å². The first-order valence-corrected chi connectivity index (χ1v) is 6.08. The lowest BCUT2D eigenvalue weighted by Crippen LogP contribution is -2.30. The monoisotopic (exact) mass is 260 g/mol. The molecule has 0 radical (unpaired) electrons. The third kappa shape index (κ3) is 3.10. The highest BCUT2D eigenvalue weighted by molar-refractivity contribution is 5.35. The Labute approximate surface area is 112 Å². The molecule has 0 fully saturated rings. The number of halogens is 1. The number of rotatable bonds is 5. The van der Waals surface area contributed by atoms with Gasteiger partial charge in [0, 0.05) is 5.56 Å². The summed E-state index contributed by atoms with van der Waals surface area (Å²) in [5.74, 6) is 6.07. The molecule has 0 aliphatic heterocycles. The Kier molecular flexibility index (Phi) is 4.49. The van der Waals surface area contributed by atoms with E-state index in [1.54, 1.807) is 25.3 Å². The molecule has 1 atom stereocenters. The van der Waals surface area contributed by atoms with E-state index in [2.05, 4.69) is 5.43 Å². The molecule has 0 aliphatic rings. The third-order valence-corrected chi connectivity index (χ3v) is 3.10. The van der Waals surface area contributed by atoms with Crippen molar-refractivity contribution in [2.75, 3.05) is 7.11 Å². The van der Waals surface area contributed by atoms with Gasteiger partial charge in [-0.05, 0) is 24.1 Å². The number of para-hydroxylation sites is 1. The Bertz CT molecular complexity index is 545. The lowest BCUT2D eigenvalue weighted by atomic mass is 9.98. The Morgan fingerprint density at radius 3 is 2.53 bits per heavy atom. The zero-order valence-corrected chi connectivity index (χ0v) is 10.8. The maximum Gasteiger partial charge on any atom is 0.128 e. The molecule has 0 saturated carbocycles. The molecular formula is C15H17FN2O. The molecule has 2 rings (SSSR count). The molecule has 2 aromatic carbocycles. The van der Waals surface area contributed by atoms with Gasteiger partial charge in [0.25, 0.3) is 0 Å². The fourth-order valence-electron chi connectivity index (χ4n) is 2.11. The van der Waals surface area contributed by atoms with Crippen LogP contribution in [0.15, 0.2) is 48.5 Å². The van der Waals surface area contributed by atoms with Crippen LogP contribution >= 0.6 is 0 Å².